The van der Waals surface area contributed by atoms with Crippen LogP contribution >= 0.6 is 23.2 Å². The average Bonchev–Trinajstić information content (AvgIpc) is 3.09. The number of rotatable bonds is 3. The molecule has 4 heteroatoms. The van der Waals surface area contributed by atoms with Crippen molar-refractivity contribution in [1.82, 2.24) is 5.32 Å². The number of hydrogen-bond donors (Lipinski definition) is 1. The van der Waals surface area contributed by atoms with Crippen molar-refractivity contribution < 1.29 is 4.74 Å². The number of fused-ring (bicyclic) bond motifs is 1. The van der Waals surface area contributed by atoms with Crippen molar-refractivity contribution >= 4 is 29.3 Å². The predicted octanol–water partition coefficient (Wildman–Crippen LogP) is 3.52. The average molecular weight is 270 g/mol. The van der Waals surface area contributed by atoms with E-state index in [1.54, 1.807) is 6.07 Å². The van der Waals surface area contributed by atoms with E-state index >= 15 is 0 Å². The van der Waals surface area contributed by atoms with Gasteiger partial charge in [-0.15, -0.1) is 0 Å². The van der Waals surface area contributed by atoms with Crippen LogP contribution in [0, 0.1) is 0 Å². The number of hydrogen-bond acceptors (Lipinski definition) is 2. The highest BCUT2D eigenvalue weighted by Crippen LogP contribution is 2.36. The fourth-order valence-corrected chi connectivity index (χ4v) is 2.49. The van der Waals surface area contributed by atoms with Gasteiger partial charge in [0.25, 0.3) is 0 Å². The van der Waals surface area contributed by atoms with E-state index in [2.05, 4.69) is 11.4 Å². The molecule has 0 unspecified atom stereocenters. The molecule has 1 aromatic carbocycles. The first-order chi connectivity index (χ1) is 8.22. The Morgan fingerprint density at radius 1 is 1.29 bits per heavy atom. The first-order valence-corrected chi connectivity index (χ1v) is 6.52. The second-order valence-corrected chi connectivity index (χ2v) is 5.40. The highest BCUT2D eigenvalue weighted by Gasteiger charge is 2.21. The number of ether oxygens (including phenoxy) is 1. The first-order valence-electron chi connectivity index (χ1n) is 5.77. The smallest absolute Gasteiger partial charge is 0.145 e. The quantitative estimate of drug-likeness (QED) is 0.907. The Hall–Kier alpha value is -0.700. The van der Waals surface area contributed by atoms with E-state index < -0.39 is 0 Å². The molecular weight excluding hydrogens is 257 g/mol. The third-order valence-corrected chi connectivity index (χ3v) is 3.49. The molecule has 1 fully saturated rings. The van der Waals surface area contributed by atoms with Crippen LogP contribution in [0.4, 0.5) is 0 Å². The van der Waals surface area contributed by atoms with E-state index in [4.69, 9.17) is 27.9 Å². The molecule has 0 bridgehead atoms. The van der Waals surface area contributed by atoms with Crippen molar-refractivity contribution in [3.63, 3.8) is 0 Å². The maximum atomic E-state index is 6.08. The van der Waals surface area contributed by atoms with Crippen LogP contribution in [0.1, 0.15) is 18.4 Å². The van der Waals surface area contributed by atoms with E-state index in [1.807, 2.05) is 6.07 Å². The summed E-state index contributed by atoms with van der Waals surface area (Å²) >= 11 is 12.1. The molecule has 1 N–H and O–H groups in total. The van der Waals surface area contributed by atoms with Gasteiger partial charge in [0.2, 0.25) is 0 Å². The van der Waals surface area contributed by atoms with Crippen LogP contribution in [0.3, 0.4) is 0 Å². The molecule has 0 spiro atoms. The zero-order chi connectivity index (χ0) is 11.8. The highest BCUT2D eigenvalue weighted by molar-refractivity contribution is 6.36. The Morgan fingerprint density at radius 3 is 2.88 bits per heavy atom. The van der Waals surface area contributed by atoms with Crippen molar-refractivity contribution in [1.29, 1.82) is 0 Å². The molecule has 1 aliphatic carbocycles. The fraction of sp³-hybridized carbons (Fsp3) is 0.385. The molecule has 1 aromatic rings. The number of benzene rings is 1. The lowest BCUT2D eigenvalue weighted by Gasteiger charge is -2.19. The summed E-state index contributed by atoms with van der Waals surface area (Å²) in [6.45, 7) is 1.49. The Balaban J connectivity index is 1.82. The Kier molecular flexibility index (Phi) is 3.03. The summed E-state index contributed by atoms with van der Waals surface area (Å²) in [5.74, 6) is 0.742. The molecule has 0 aromatic heterocycles. The van der Waals surface area contributed by atoms with Gasteiger partial charge in [-0.3, -0.25) is 0 Å². The molecule has 0 amide bonds. The standard InChI is InChI=1S/C13H13Cl2NO/c14-10-4-9-3-8(6-16-11-1-2-11)7-17-13(9)12(15)5-10/h3-5,11,16H,1-2,6-7H2. The molecule has 2 aliphatic rings. The Bertz CT molecular complexity index is 481. The maximum absolute atomic E-state index is 6.08. The molecule has 90 valence electrons. The summed E-state index contributed by atoms with van der Waals surface area (Å²) in [7, 11) is 0. The van der Waals surface area contributed by atoms with Gasteiger partial charge >= 0.3 is 0 Å². The molecule has 2 nitrogen and oxygen atoms in total. The highest BCUT2D eigenvalue weighted by atomic mass is 35.5. The van der Waals surface area contributed by atoms with Gasteiger partial charge in [-0.05, 0) is 36.6 Å². The topological polar surface area (TPSA) is 21.3 Å². The Morgan fingerprint density at radius 2 is 2.12 bits per heavy atom. The minimum Gasteiger partial charge on any atom is -0.487 e. The zero-order valence-electron chi connectivity index (χ0n) is 9.30. The number of halogens is 2. The molecule has 3 rings (SSSR count). The van der Waals surface area contributed by atoms with Gasteiger partial charge < -0.3 is 10.1 Å². The van der Waals surface area contributed by atoms with Crippen LogP contribution in [0.2, 0.25) is 10.0 Å². The van der Waals surface area contributed by atoms with E-state index in [0.717, 1.165) is 17.9 Å². The normalized spacial score (nSPS) is 18.4. The van der Waals surface area contributed by atoms with Gasteiger partial charge in [0, 0.05) is 23.2 Å². The molecule has 1 saturated carbocycles. The lowest BCUT2D eigenvalue weighted by Crippen LogP contribution is -2.23. The van der Waals surface area contributed by atoms with Gasteiger partial charge in [-0.25, -0.2) is 0 Å². The monoisotopic (exact) mass is 269 g/mol. The minimum absolute atomic E-state index is 0.581. The summed E-state index contributed by atoms with van der Waals surface area (Å²) in [5, 5.41) is 4.70. The summed E-state index contributed by atoms with van der Waals surface area (Å²) in [6.07, 6.45) is 4.71. The van der Waals surface area contributed by atoms with E-state index in [0.29, 0.717) is 22.7 Å². The zero-order valence-corrected chi connectivity index (χ0v) is 10.8. The minimum atomic E-state index is 0.581. The van der Waals surface area contributed by atoms with Crippen LogP contribution in [0.5, 0.6) is 5.75 Å². The van der Waals surface area contributed by atoms with E-state index in [-0.39, 0.29) is 0 Å². The van der Waals surface area contributed by atoms with Crippen molar-refractivity contribution in [2.45, 2.75) is 18.9 Å². The van der Waals surface area contributed by atoms with Gasteiger partial charge in [-0.2, -0.15) is 0 Å². The SMILES string of the molecule is Clc1cc(Cl)c2c(c1)C=C(CNC1CC1)CO2. The van der Waals surface area contributed by atoms with Gasteiger partial charge in [0.15, 0.2) is 0 Å². The van der Waals surface area contributed by atoms with Crippen LogP contribution in [0.15, 0.2) is 17.7 Å². The second kappa shape index (κ2) is 4.52. The van der Waals surface area contributed by atoms with Crippen LogP contribution in [0.25, 0.3) is 6.08 Å². The lowest BCUT2D eigenvalue weighted by molar-refractivity contribution is 0.343. The predicted molar refractivity (Wildman–Crippen MR) is 71.0 cm³/mol. The van der Waals surface area contributed by atoms with E-state index in [1.165, 1.54) is 18.4 Å². The Labute approximate surface area is 111 Å². The molecule has 17 heavy (non-hydrogen) atoms. The van der Waals surface area contributed by atoms with Gasteiger partial charge in [0.1, 0.15) is 12.4 Å². The van der Waals surface area contributed by atoms with E-state index in [9.17, 15) is 0 Å². The van der Waals surface area contributed by atoms with Crippen LogP contribution < -0.4 is 10.1 Å². The second-order valence-electron chi connectivity index (χ2n) is 4.55. The summed E-state index contributed by atoms with van der Waals surface area (Å²) < 4.78 is 5.68. The third-order valence-electron chi connectivity index (χ3n) is 2.99. The molecule has 0 saturated heterocycles. The number of nitrogens with one attached hydrogen (secondary N) is 1. The van der Waals surface area contributed by atoms with Gasteiger partial charge in [0.05, 0.1) is 5.02 Å². The fourth-order valence-electron chi connectivity index (χ4n) is 1.93. The summed E-state index contributed by atoms with van der Waals surface area (Å²) in [4.78, 5) is 0. The van der Waals surface area contributed by atoms with Crippen molar-refractivity contribution in [2.75, 3.05) is 13.2 Å². The molecular formula is C13H13Cl2NO. The molecule has 1 aliphatic heterocycles. The lowest BCUT2D eigenvalue weighted by atomic mass is 10.1. The van der Waals surface area contributed by atoms with Crippen LogP contribution in [-0.4, -0.2) is 19.2 Å². The third kappa shape index (κ3) is 2.59. The van der Waals surface area contributed by atoms with Crippen molar-refractivity contribution in [3.05, 3.63) is 33.3 Å². The first kappa shape index (κ1) is 11.4. The summed E-state index contributed by atoms with van der Waals surface area (Å²) in [6, 6.07) is 4.31. The maximum Gasteiger partial charge on any atom is 0.145 e. The largest absolute Gasteiger partial charge is 0.487 e. The molecule has 0 atom stereocenters. The van der Waals surface area contributed by atoms with Crippen LogP contribution in [-0.2, 0) is 0 Å². The molecule has 1 heterocycles. The van der Waals surface area contributed by atoms with Crippen molar-refractivity contribution in [3.8, 4) is 5.75 Å². The van der Waals surface area contributed by atoms with Gasteiger partial charge in [-0.1, -0.05) is 23.2 Å². The molecule has 0 radical (unpaired) electrons. The summed E-state index contributed by atoms with van der Waals surface area (Å²) in [5.41, 5.74) is 2.21. The van der Waals surface area contributed by atoms with Crippen molar-refractivity contribution in [2.24, 2.45) is 0 Å².